The van der Waals surface area contributed by atoms with E-state index in [9.17, 15) is 24.9 Å². The third-order valence-electron chi connectivity index (χ3n) is 9.05. The second-order valence-corrected chi connectivity index (χ2v) is 10.1. The molecule has 0 bridgehead atoms. The molecule has 5 heteroatoms. The topological polar surface area (TPSA) is 94.8 Å². The number of rotatable bonds is 2. The lowest BCUT2D eigenvalue weighted by Crippen LogP contribution is -2.63. The maximum absolute atomic E-state index is 12.6. The molecule has 3 saturated carbocycles. The summed E-state index contributed by atoms with van der Waals surface area (Å²) >= 11 is 0. The van der Waals surface area contributed by atoms with Crippen LogP contribution in [-0.2, 0) is 9.59 Å². The first-order valence-corrected chi connectivity index (χ1v) is 10.4. The van der Waals surface area contributed by atoms with Crippen molar-refractivity contribution < 1.29 is 24.9 Å². The Morgan fingerprint density at radius 1 is 1.30 bits per heavy atom. The van der Waals surface area contributed by atoms with E-state index in [-0.39, 0.29) is 34.9 Å². The maximum Gasteiger partial charge on any atom is 0.190 e. The molecule has 0 spiro atoms. The van der Waals surface area contributed by atoms with Crippen molar-refractivity contribution in [2.24, 2.45) is 34.5 Å². The van der Waals surface area contributed by atoms with Crippen molar-refractivity contribution in [1.82, 2.24) is 0 Å². The molecule has 3 fully saturated rings. The van der Waals surface area contributed by atoms with Gasteiger partial charge in [0.2, 0.25) is 0 Å². The van der Waals surface area contributed by atoms with Crippen LogP contribution in [0.5, 0.6) is 0 Å². The molecule has 150 valence electrons. The number of allylic oxidation sites excluding steroid dienone is 1. The molecule has 27 heavy (non-hydrogen) atoms. The second-order valence-electron chi connectivity index (χ2n) is 10.1. The Labute approximate surface area is 160 Å². The molecule has 0 aromatic rings. The van der Waals surface area contributed by atoms with E-state index in [2.05, 4.69) is 6.92 Å². The number of Topliss-reactive ketones (excluding diaryl/α,β-unsaturated/α-hetero) is 1. The largest absolute Gasteiger partial charge is 0.393 e. The van der Waals surface area contributed by atoms with E-state index in [0.717, 1.165) is 25.7 Å². The Bertz CT molecular complexity index is 713. The van der Waals surface area contributed by atoms with Crippen molar-refractivity contribution in [3.05, 3.63) is 11.6 Å². The summed E-state index contributed by atoms with van der Waals surface area (Å²) in [4.78, 5) is 24.5. The van der Waals surface area contributed by atoms with E-state index in [4.69, 9.17) is 0 Å². The molecule has 0 saturated heterocycles. The number of hydrogen-bond acceptors (Lipinski definition) is 5. The number of carbonyl (C=O) groups excluding carboxylic acids is 2. The molecular formula is C22H32O5. The minimum Gasteiger partial charge on any atom is -0.393 e. The van der Waals surface area contributed by atoms with Gasteiger partial charge >= 0.3 is 0 Å². The van der Waals surface area contributed by atoms with Gasteiger partial charge in [-0.15, -0.1) is 0 Å². The first kappa shape index (κ1) is 19.3. The molecule has 6 unspecified atom stereocenters. The lowest BCUT2D eigenvalue weighted by atomic mass is 9.45. The summed E-state index contributed by atoms with van der Waals surface area (Å²) in [6, 6.07) is 0. The Kier molecular flexibility index (Phi) is 4.27. The third kappa shape index (κ3) is 2.28. The van der Waals surface area contributed by atoms with Crippen LogP contribution >= 0.6 is 0 Å². The quantitative estimate of drug-likeness (QED) is 0.685. The van der Waals surface area contributed by atoms with Crippen LogP contribution in [-0.4, -0.2) is 45.2 Å². The number of aliphatic hydroxyl groups is 3. The summed E-state index contributed by atoms with van der Waals surface area (Å²) in [7, 11) is 0. The standard InChI is InChI=1S/C22H32O5/c1-12-8-16-15-5-4-13-9-14(24)6-7-20(13,2)19(15)17(25)10-21(16,3)22(12,27)18(26)11-23/h9,12,15-17,19,23,25,27H,4-8,10-11H2,1-3H3/t12-,15?,16?,17?,19?,20?,21?,22+/m1/s1. The summed E-state index contributed by atoms with van der Waals surface area (Å²) in [6.45, 7) is 5.36. The highest BCUT2D eigenvalue weighted by Crippen LogP contribution is 2.68. The number of carbonyl (C=O) groups is 2. The van der Waals surface area contributed by atoms with Gasteiger partial charge in [0.25, 0.3) is 0 Å². The lowest BCUT2D eigenvalue weighted by molar-refractivity contribution is -0.187. The maximum atomic E-state index is 12.6. The fraction of sp³-hybridized carbons (Fsp3) is 0.818. The molecule has 4 aliphatic carbocycles. The zero-order valence-corrected chi connectivity index (χ0v) is 16.6. The van der Waals surface area contributed by atoms with Crippen LogP contribution in [0.3, 0.4) is 0 Å². The molecular weight excluding hydrogens is 344 g/mol. The van der Waals surface area contributed by atoms with E-state index in [1.807, 2.05) is 19.9 Å². The van der Waals surface area contributed by atoms with Crippen molar-refractivity contribution in [3.8, 4) is 0 Å². The van der Waals surface area contributed by atoms with E-state index < -0.39 is 29.5 Å². The molecule has 5 nitrogen and oxygen atoms in total. The molecule has 0 aromatic carbocycles. The summed E-state index contributed by atoms with van der Waals surface area (Å²) in [5.74, 6) is -0.155. The Hall–Kier alpha value is -1.04. The fourth-order valence-electron chi connectivity index (χ4n) is 7.74. The predicted octanol–water partition coefficient (Wildman–Crippen LogP) is 2.03. The number of hydrogen-bond donors (Lipinski definition) is 3. The average molecular weight is 376 g/mol. The zero-order valence-electron chi connectivity index (χ0n) is 16.6. The average Bonchev–Trinajstić information content (AvgIpc) is 2.82. The normalized spacial score (nSPS) is 51.9. The number of aliphatic hydroxyl groups excluding tert-OH is 2. The summed E-state index contributed by atoms with van der Waals surface area (Å²) in [6.07, 6.45) is 5.32. The van der Waals surface area contributed by atoms with Gasteiger partial charge in [0.15, 0.2) is 11.6 Å². The van der Waals surface area contributed by atoms with Crippen LogP contribution in [0.2, 0.25) is 0 Å². The molecule has 4 rings (SSSR count). The van der Waals surface area contributed by atoms with E-state index in [1.165, 1.54) is 5.57 Å². The fourth-order valence-corrected chi connectivity index (χ4v) is 7.74. The minimum atomic E-state index is -1.59. The summed E-state index contributed by atoms with van der Waals surface area (Å²) in [5, 5.41) is 32.2. The van der Waals surface area contributed by atoms with Crippen LogP contribution in [0.4, 0.5) is 0 Å². The first-order valence-electron chi connectivity index (χ1n) is 10.4. The summed E-state index contributed by atoms with van der Waals surface area (Å²) < 4.78 is 0. The van der Waals surface area contributed by atoms with Gasteiger partial charge < -0.3 is 15.3 Å². The molecule has 8 atom stereocenters. The van der Waals surface area contributed by atoms with Gasteiger partial charge in [-0.05, 0) is 67.3 Å². The molecule has 0 aliphatic heterocycles. The molecule has 4 aliphatic rings. The highest BCUT2D eigenvalue weighted by atomic mass is 16.3. The van der Waals surface area contributed by atoms with E-state index in [0.29, 0.717) is 12.8 Å². The summed E-state index contributed by atoms with van der Waals surface area (Å²) in [5.41, 5.74) is -1.31. The van der Waals surface area contributed by atoms with E-state index in [1.54, 1.807) is 0 Å². The van der Waals surface area contributed by atoms with Crippen molar-refractivity contribution in [2.45, 2.75) is 71.0 Å². The van der Waals surface area contributed by atoms with Gasteiger partial charge in [-0.3, -0.25) is 9.59 Å². The van der Waals surface area contributed by atoms with Crippen LogP contribution < -0.4 is 0 Å². The Morgan fingerprint density at radius 3 is 2.67 bits per heavy atom. The van der Waals surface area contributed by atoms with Crippen molar-refractivity contribution in [2.75, 3.05) is 6.61 Å². The van der Waals surface area contributed by atoms with Gasteiger partial charge in [0.1, 0.15) is 12.2 Å². The van der Waals surface area contributed by atoms with Crippen LogP contribution in [0.1, 0.15) is 59.3 Å². The van der Waals surface area contributed by atoms with Crippen LogP contribution in [0.15, 0.2) is 11.6 Å². The van der Waals surface area contributed by atoms with Crippen molar-refractivity contribution in [1.29, 1.82) is 0 Å². The monoisotopic (exact) mass is 376 g/mol. The van der Waals surface area contributed by atoms with Gasteiger partial charge in [0, 0.05) is 11.8 Å². The van der Waals surface area contributed by atoms with Gasteiger partial charge in [0.05, 0.1) is 6.10 Å². The lowest BCUT2D eigenvalue weighted by Gasteiger charge is -2.60. The molecule has 0 aromatic heterocycles. The van der Waals surface area contributed by atoms with Crippen molar-refractivity contribution in [3.63, 3.8) is 0 Å². The first-order chi connectivity index (χ1) is 12.6. The molecule has 0 amide bonds. The third-order valence-corrected chi connectivity index (χ3v) is 9.05. The van der Waals surface area contributed by atoms with E-state index >= 15 is 0 Å². The van der Waals surface area contributed by atoms with Gasteiger partial charge in [-0.25, -0.2) is 0 Å². The predicted molar refractivity (Wildman–Crippen MR) is 99.7 cm³/mol. The Balaban J connectivity index is 1.77. The smallest absolute Gasteiger partial charge is 0.190 e. The Morgan fingerprint density at radius 2 is 2.00 bits per heavy atom. The highest BCUT2D eigenvalue weighted by Gasteiger charge is 2.70. The second kappa shape index (κ2) is 5.98. The van der Waals surface area contributed by atoms with Crippen LogP contribution in [0, 0.1) is 34.5 Å². The highest BCUT2D eigenvalue weighted by molar-refractivity contribution is 5.92. The minimum absolute atomic E-state index is 0.0578. The zero-order chi connectivity index (χ0) is 19.8. The number of fused-ring (bicyclic) bond motifs is 5. The SMILES string of the molecule is C[C@@H]1CC2C3CCC4=CC(=O)CCC4(C)C3C(O)CC2(C)[C@@]1(O)C(=O)CO. The molecule has 3 N–H and O–H groups in total. The molecule has 0 heterocycles. The van der Waals surface area contributed by atoms with Gasteiger partial charge in [-0.2, -0.15) is 0 Å². The molecule has 0 radical (unpaired) electrons. The van der Waals surface area contributed by atoms with Gasteiger partial charge in [-0.1, -0.05) is 26.3 Å². The van der Waals surface area contributed by atoms with Crippen molar-refractivity contribution >= 4 is 11.6 Å². The van der Waals surface area contributed by atoms with Crippen LogP contribution in [0.25, 0.3) is 0 Å². The number of ketones is 2.